The van der Waals surface area contributed by atoms with Crippen molar-refractivity contribution in [2.24, 2.45) is 0 Å². The van der Waals surface area contributed by atoms with Gasteiger partial charge in [0.2, 0.25) is 0 Å². The normalized spacial score (nSPS) is 11.7. The van der Waals surface area contributed by atoms with Crippen molar-refractivity contribution in [1.82, 2.24) is 0 Å². The van der Waals surface area contributed by atoms with E-state index < -0.39 is 0 Å². The minimum Gasteiger partial charge on any atom is -0.298 e. The zero-order chi connectivity index (χ0) is 11.4. The highest BCUT2D eigenvalue weighted by Gasteiger charge is 1.95. The standard InChI is InChI=1S/C14H26O/c1-3-5-7-9-11-14(13-15)12-10-8-6-4-2/h11,13H,3-10,12H2,1-2H3. The van der Waals surface area contributed by atoms with Crippen LogP contribution in [0.4, 0.5) is 0 Å². The Kier molecular flexibility index (Phi) is 11.0. The summed E-state index contributed by atoms with van der Waals surface area (Å²) in [5.74, 6) is 0. The summed E-state index contributed by atoms with van der Waals surface area (Å²) in [6.45, 7) is 4.41. The molecule has 88 valence electrons. The highest BCUT2D eigenvalue weighted by molar-refractivity contribution is 5.72. The lowest BCUT2D eigenvalue weighted by Gasteiger charge is -2.00. The van der Waals surface area contributed by atoms with Crippen LogP contribution in [0.5, 0.6) is 0 Å². The molecule has 0 aliphatic carbocycles. The summed E-state index contributed by atoms with van der Waals surface area (Å²) in [4.78, 5) is 10.8. The van der Waals surface area contributed by atoms with Crippen LogP contribution < -0.4 is 0 Å². The number of hydrogen-bond acceptors (Lipinski definition) is 1. The molecule has 0 amide bonds. The molecule has 0 saturated carbocycles. The van der Waals surface area contributed by atoms with E-state index in [0.717, 1.165) is 24.7 Å². The molecule has 0 radical (unpaired) electrons. The zero-order valence-corrected chi connectivity index (χ0v) is 10.4. The summed E-state index contributed by atoms with van der Waals surface area (Å²) in [5, 5.41) is 0. The molecule has 0 aromatic rings. The molecule has 0 aromatic carbocycles. The minimum absolute atomic E-state index is 0.982. The van der Waals surface area contributed by atoms with Crippen LogP contribution in [0.3, 0.4) is 0 Å². The Morgan fingerprint density at radius 3 is 2.20 bits per heavy atom. The fourth-order valence-corrected chi connectivity index (χ4v) is 1.65. The summed E-state index contributed by atoms with van der Waals surface area (Å²) in [5.41, 5.74) is 1.02. The molecule has 0 saturated heterocycles. The van der Waals surface area contributed by atoms with Crippen molar-refractivity contribution in [3.63, 3.8) is 0 Å². The van der Waals surface area contributed by atoms with E-state index in [-0.39, 0.29) is 0 Å². The van der Waals surface area contributed by atoms with E-state index >= 15 is 0 Å². The van der Waals surface area contributed by atoms with Crippen LogP contribution in [0.2, 0.25) is 0 Å². The second-order valence-corrected chi connectivity index (χ2v) is 4.20. The van der Waals surface area contributed by atoms with Gasteiger partial charge in [0.05, 0.1) is 0 Å². The van der Waals surface area contributed by atoms with Crippen molar-refractivity contribution in [3.8, 4) is 0 Å². The third kappa shape index (κ3) is 9.71. The lowest BCUT2D eigenvalue weighted by Crippen LogP contribution is -1.87. The number of unbranched alkanes of at least 4 members (excludes halogenated alkanes) is 6. The van der Waals surface area contributed by atoms with Crippen molar-refractivity contribution in [1.29, 1.82) is 0 Å². The molecular weight excluding hydrogens is 184 g/mol. The molecule has 0 unspecified atom stereocenters. The van der Waals surface area contributed by atoms with Gasteiger partial charge in [0.1, 0.15) is 6.29 Å². The molecule has 0 fully saturated rings. The molecule has 0 heterocycles. The third-order valence-electron chi connectivity index (χ3n) is 2.68. The van der Waals surface area contributed by atoms with Gasteiger partial charge in [0.15, 0.2) is 0 Å². The summed E-state index contributed by atoms with van der Waals surface area (Å²) in [6.07, 6.45) is 14.0. The van der Waals surface area contributed by atoms with Gasteiger partial charge >= 0.3 is 0 Å². The largest absolute Gasteiger partial charge is 0.298 e. The number of aldehydes is 1. The highest BCUT2D eigenvalue weighted by Crippen LogP contribution is 2.10. The lowest BCUT2D eigenvalue weighted by molar-refractivity contribution is -0.105. The monoisotopic (exact) mass is 210 g/mol. The van der Waals surface area contributed by atoms with E-state index in [4.69, 9.17) is 0 Å². The van der Waals surface area contributed by atoms with Gasteiger partial charge in [-0.05, 0) is 31.3 Å². The van der Waals surface area contributed by atoms with Gasteiger partial charge in [-0.2, -0.15) is 0 Å². The van der Waals surface area contributed by atoms with Crippen LogP contribution in [-0.2, 0) is 4.79 Å². The molecule has 0 spiro atoms. The van der Waals surface area contributed by atoms with Crippen LogP contribution in [0, 0.1) is 0 Å². The van der Waals surface area contributed by atoms with Gasteiger partial charge < -0.3 is 0 Å². The van der Waals surface area contributed by atoms with Crippen LogP contribution in [0.15, 0.2) is 11.6 Å². The fraction of sp³-hybridized carbons (Fsp3) is 0.786. The SMILES string of the molecule is CCCCCC=C(C=O)CCCCCC. The molecule has 0 N–H and O–H groups in total. The van der Waals surface area contributed by atoms with E-state index in [1.165, 1.54) is 44.9 Å². The number of carbonyl (C=O) groups is 1. The number of hydrogen-bond donors (Lipinski definition) is 0. The Bertz CT molecular complexity index is 170. The first-order chi connectivity index (χ1) is 7.35. The van der Waals surface area contributed by atoms with E-state index in [1.54, 1.807) is 0 Å². The summed E-state index contributed by atoms with van der Waals surface area (Å²) in [7, 11) is 0. The summed E-state index contributed by atoms with van der Waals surface area (Å²) >= 11 is 0. The van der Waals surface area contributed by atoms with Crippen molar-refractivity contribution < 1.29 is 4.79 Å². The molecule has 15 heavy (non-hydrogen) atoms. The summed E-state index contributed by atoms with van der Waals surface area (Å²) in [6, 6.07) is 0. The minimum atomic E-state index is 0.982. The second-order valence-electron chi connectivity index (χ2n) is 4.20. The molecule has 1 nitrogen and oxygen atoms in total. The van der Waals surface area contributed by atoms with Gasteiger partial charge in [0.25, 0.3) is 0 Å². The molecule has 1 heteroatoms. The number of rotatable bonds is 10. The zero-order valence-electron chi connectivity index (χ0n) is 10.4. The van der Waals surface area contributed by atoms with E-state index in [2.05, 4.69) is 19.9 Å². The molecule has 0 aliphatic heterocycles. The van der Waals surface area contributed by atoms with Crippen LogP contribution in [0.1, 0.15) is 71.6 Å². The van der Waals surface area contributed by atoms with Crippen molar-refractivity contribution in [2.45, 2.75) is 71.6 Å². The quantitative estimate of drug-likeness (QED) is 0.291. The van der Waals surface area contributed by atoms with E-state index in [1.807, 2.05) is 0 Å². The van der Waals surface area contributed by atoms with Crippen LogP contribution >= 0.6 is 0 Å². The van der Waals surface area contributed by atoms with Gasteiger partial charge in [-0.25, -0.2) is 0 Å². The van der Waals surface area contributed by atoms with E-state index in [0.29, 0.717) is 0 Å². The molecule has 0 aromatic heterocycles. The van der Waals surface area contributed by atoms with Gasteiger partial charge in [-0.3, -0.25) is 4.79 Å². The molecule has 0 atom stereocenters. The number of allylic oxidation sites excluding steroid dienone is 2. The van der Waals surface area contributed by atoms with Gasteiger partial charge in [-0.1, -0.05) is 52.0 Å². The maximum Gasteiger partial charge on any atom is 0.145 e. The Balaban J connectivity index is 3.56. The average molecular weight is 210 g/mol. The maximum atomic E-state index is 10.8. The third-order valence-corrected chi connectivity index (χ3v) is 2.68. The second kappa shape index (κ2) is 11.5. The first kappa shape index (κ1) is 14.4. The molecule has 0 aliphatic rings. The Morgan fingerprint density at radius 2 is 1.60 bits per heavy atom. The van der Waals surface area contributed by atoms with Crippen molar-refractivity contribution in [3.05, 3.63) is 11.6 Å². The summed E-state index contributed by atoms with van der Waals surface area (Å²) < 4.78 is 0. The topological polar surface area (TPSA) is 17.1 Å². The average Bonchev–Trinajstić information content (AvgIpc) is 2.27. The first-order valence-electron chi connectivity index (χ1n) is 6.49. The lowest BCUT2D eigenvalue weighted by atomic mass is 10.1. The molecule has 0 bridgehead atoms. The predicted octanol–water partition coefficient (Wildman–Crippen LogP) is 4.66. The van der Waals surface area contributed by atoms with E-state index in [9.17, 15) is 4.79 Å². The van der Waals surface area contributed by atoms with Gasteiger partial charge in [0, 0.05) is 0 Å². The number of carbonyl (C=O) groups excluding carboxylic acids is 1. The maximum absolute atomic E-state index is 10.8. The van der Waals surface area contributed by atoms with Crippen LogP contribution in [0.25, 0.3) is 0 Å². The molecule has 0 rings (SSSR count). The smallest absolute Gasteiger partial charge is 0.145 e. The van der Waals surface area contributed by atoms with Crippen molar-refractivity contribution >= 4 is 6.29 Å². The Labute approximate surface area is 95.0 Å². The highest BCUT2D eigenvalue weighted by atomic mass is 16.1. The van der Waals surface area contributed by atoms with Crippen molar-refractivity contribution in [2.75, 3.05) is 0 Å². The van der Waals surface area contributed by atoms with Crippen LogP contribution in [-0.4, -0.2) is 6.29 Å². The Hall–Kier alpha value is -0.590. The Morgan fingerprint density at radius 1 is 0.933 bits per heavy atom. The molecular formula is C14H26O. The fourth-order valence-electron chi connectivity index (χ4n) is 1.65. The predicted molar refractivity (Wildman–Crippen MR) is 67.0 cm³/mol. The first-order valence-corrected chi connectivity index (χ1v) is 6.49. The van der Waals surface area contributed by atoms with Gasteiger partial charge in [-0.15, -0.1) is 0 Å².